The monoisotopic (exact) mass is 948 g/mol. The van der Waals surface area contributed by atoms with Crippen LogP contribution in [0.5, 0.6) is 0 Å². The predicted octanol–water partition coefficient (Wildman–Crippen LogP) is 9.99. The van der Waals surface area contributed by atoms with E-state index in [0.717, 1.165) is 5.96 Å². The Labute approximate surface area is 392 Å². The summed E-state index contributed by atoms with van der Waals surface area (Å²) in [6.45, 7) is 42.9. The van der Waals surface area contributed by atoms with Crippen molar-refractivity contribution in [3.05, 3.63) is 36.1 Å². The molecule has 0 atom stereocenters. The Hall–Kier alpha value is 2.17. The third-order valence-corrected chi connectivity index (χ3v) is 5.87. The van der Waals surface area contributed by atoms with Crippen molar-refractivity contribution >= 4 is 104 Å². The first kappa shape index (κ1) is 69.1. The number of rotatable bonds is 16. The second kappa shape index (κ2) is 38.4. The topological polar surface area (TPSA) is 90.5 Å². The average Bonchev–Trinajstić information content (AvgIpc) is 2.76. The van der Waals surface area contributed by atoms with Crippen molar-refractivity contribution in [3.63, 3.8) is 0 Å². The number of hydrogen-bond donors (Lipinski definition) is 1. The fraction of sp³-hybridized carbons (Fsp3) is 0.921. The molecule has 0 aliphatic carbocycles. The predicted molar refractivity (Wildman–Crippen MR) is 231 cm³/mol. The second-order valence-corrected chi connectivity index (χ2v) is 14.7. The Morgan fingerprint density at radius 3 is 0.816 bits per heavy atom. The summed E-state index contributed by atoms with van der Waals surface area (Å²) in [5.41, 5.74) is 0. The molecule has 0 aliphatic rings. The SMILES string of the molecule is C.CC(C)N=C(NC(C)C)N(C)C.CC(C)[N-]C([N-]C(C)C)N(C(C)C)C(C)C.CC(C)[N-]C([N-]C(C)C)N(C(C)C)C(C)C.[Ba+2].[Ba+2].[CH3-].[CH3-]. The molecule has 0 aromatic carbocycles. The van der Waals surface area contributed by atoms with E-state index in [4.69, 9.17) is 21.3 Å². The Morgan fingerprint density at radius 2 is 0.694 bits per heavy atom. The van der Waals surface area contributed by atoms with E-state index in [0.29, 0.717) is 60.4 Å². The van der Waals surface area contributed by atoms with Crippen molar-refractivity contribution in [2.75, 3.05) is 14.1 Å². The summed E-state index contributed by atoms with van der Waals surface area (Å²) in [6, 6.07) is 3.95. The molecule has 0 radical (unpaired) electrons. The van der Waals surface area contributed by atoms with Crippen molar-refractivity contribution in [1.82, 2.24) is 20.0 Å². The fourth-order valence-corrected chi connectivity index (χ4v) is 4.50. The van der Waals surface area contributed by atoms with Crippen LogP contribution in [0.15, 0.2) is 4.99 Å². The molecule has 1 N–H and O–H groups in total. The van der Waals surface area contributed by atoms with E-state index in [9.17, 15) is 0 Å². The standard InChI is InChI=1S/2C13H29N3.C9H21N3.CH4.2CH3.2Ba/c2*1-9(2)14-13(15-10(3)4)16(11(5)6)12(7)8;1-7(2)10-9(12(5)6)11-8(3)4;;;;;/h2*9-13H,1-8H3;7-8H,1-6H3,(H,10,11);1H4;2*1H3;;/q2*-2;;;2*-1;2*+2. The first-order chi connectivity index (χ1) is 19.9. The van der Waals surface area contributed by atoms with Crippen LogP contribution in [-0.2, 0) is 0 Å². The molecule has 0 rings (SSSR count). The average molecular weight is 947 g/mol. The van der Waals surface area contributed by atoms with Crippen LogP contribution < -0.4 is 5.32 Å². The smallest absolute Gasteiger partial charge is 0.663 e. The van der Waals surface area contributed by atoms with Gasteiger partial charge in [-0.15, -0.1) is 24.2 Å². The molecule has 0 fully saturated rings. The van der Waals surface area contributed by atoms with Crippen molar-refractivity contribution in [2.45, 2.75) is 219 Å². The first-order valence-electron chi connectivity index (χ1n) is 17.3. The molecule has 0 bridgehead atoms. The van der Waals surface area contributed by atoms with Gasteiger partial charge in [0.15, 0.2) is 5.96 Å². The minimum atomic E-state index is -0.000000000000000444. The molecule has 9 nitrogen and oxygen atoms in total. The molecule has 0 amide bonds. The Morgan fingerprint density at radius 1 is 0.469 bits per heavy atom. The van der Waals surface area contributed by atoms with Gasteiger partial charge in [0.05, 0.1) is 0 Å². The minimum Gasteiger partial charge on any atom is -0.663 e. The quantitative estimate of drug-likeness (QED) is 0.0723. The van der Waals surface area contributed by atoms with E-state index in [-0.39, 0.29) is 133 Å². The zero-order chi connectivity index (χ0) is 35.5. The van der Waals surface area contributed by atoms with Crippen LogP contribution in [0.2, 0.25) is 0 Å². The molecule has 0 saturated carbocycles. The van der Waals surface area contributed by atoms with Crippen molar-refractivity contribution in [2.24, 2.45) is 4.99 Å². The third-order valence-electron chi connectivity index (χ3n) is 5.87. The van der Waals surface area contributed by atoms with Crippen LogP contribution in [0, 0.1) is 14.9 Å². The molecule has 0 saturated heterocycles. The van der Waals surface area contributed by atoms with Gasteiger partial charge in [0.25, 0.3) is 0 Å². The van der Waals surface area contributed by atoms with Crippen LogP contribution in [-0.4, -0.2) is 206 Å². The van der Waals surface area contributed by atoms with E-state index >= 15 is 0 Å². The van der Waals surface area contributed by atoms with Crippen LogP contribution in [0.25, 0.3) is 21.3 Å². The molecule has 0 aromatic heterocycles. The Kier molecular flexibility index (Phi) is 54.2. The minimum absolute atomic E-state index is 0. The summed E-state index contributed by atoms with van der Waals surface area (Å²) in [7, 11) is 3.99. The van der Waals surface area contributed by atoms with Crippen molar-refractivity contribution in [1.29, 1.82) is 0 Å². The van der Waals surface area contributed by atoms with Gasteiger partial charge in [0.1, 0.15) is 0 Å². The molecular weight excluding hydrogens is 857 g/mol. The zero-order valence-corrected chi connectivity index (χ0v) is 45.8. The molecule has 292 valence electrons. The summed E-state index contributed by atoms with van der Waals surface area (Å²) in [5.74, 6) is 0.958. The molecule has 0 spiro atoms. The van der Waals surface area contributed by atoms with Gasteiger partial charge in [-0.2, -0.15) is 12.6 Å². The van der Waals surface area contributed by atoms with Crippen LogP contribution >= 0.6 is 0 Å². The molecular formula is C38H89Ba2N9-2. The van der Waals surface area contributed by atoms with Gasteiger partial charge in [0.2, 0.25) is 0 Å². The molecule has 11 heteroatoms. The maximum absolute atomic E-state index is 4.72. The van der Waals surface area contributed by atoms with Crippen molar-refractivity contribution in [3.8, 4) is 0 Å². The summed E-state index contributed by atoms with van der Waals surface area (Å²) in [5, 5.41) is 22.2. The summed E-state index contributed by atoms with van der Waals surface area (Å²) in [6.07, 6.45) is -0.000000000000000888. The van der Waals surface area contributed by atoms with Crippen LogP contribution in [0.1, 0.15) is 146 Å². The van der Waals surface area contributed by atoms with Gasteiger partial charge >= 0.3 is 97.8 Å². The van der Waals surface area contributed by atoms with Gasteiger partial charge < -0.3 is 56.1 Å². The normalized spacial score (nSPS) is 11.6. The number of aliphatic imine (C=N–C) groups is 1. The Balaban J connectivity index is -0.0000000824. The molecule has 49 heavy (non-hydrogen) atoms. The van der Waals surface area contributed by atoms with E-state index in [1.165, 1.54) is 0 Å². The second-order valence-electron chi connectivity index (χ2n) is 14.7. The zero-order valence-electron chi connectivity index (χ0n) is 36.9. The molecule has 0 aromatic rings. The number of guanidine groups is 1. The molecule has 0 aliphatic heterocycles. The number of nitrogens with zero attached hydrogens (tertiary/aromatic N) is 8. The largest absolute Gasteiger partial charge is 2.00 e. The van der Waals surface area contributed by atoms with E-state index in [1.54, 1.807) is 0 Å². The fourth-order valence-electron chi connectivity index (χ4n) is 4.50. The molecule has 0 unspecified atom stereocenters. The van der Waals surface area contributed by atoms with E-state index < -0.39 is 0 Å². The third kappa shape index (κ3) is 39.7. The first-order valence-corrected chi connectivity index (χ1v) is 17.3. The van der Waals surface area contributed by atoms with Crippen LogP contribution in [0.3, 0.4) is 0 Å². The van der Waals surface area contributed by atoms with Crippen LogP contribution in [0.4, 0.5) is 0 Å². The molecule has 0 heterocycles. The summed E-state index contributed by atoms with van der Waals surface area (Å²) < 4.78 is 0. The summed E-state index contributed by atoms with van der Waals surface area (Å²) in [4.78, 5) is 11.2. The van der Waals surface area contributed by atoms with Crippen molar-refractivity contribution < 1.29 is 0 Å². The maximum Gasteiger partial charge on any atom is 2.00 e. The van der Waals surface area contributed by atoms with Gasteiger partial charge in [-0.05, 0) is 83.1 Å². The van der Waals surface area contributed by atoms with Gasteiger partial charge in [-0.3, -0.25) is 4.99 Å². The number of hydrogen-bond acceptors (Lipinski definition) is 3. The van der Waals surface area contributed by atoms with Gasteiger partial charge in [-0.1, -0.05) is 62.8 Å². The number of nitrogens with one attached hydrogen (secondary N) is 1. The van der Waals surface area contributed by atoms with E-state index in [1.807, 2.05) is 19.0 Å². The van der Waals surface area contributed by atoms with Gasteiger partial charge in [0, 0.05) is 50.3 Å². The van der Waals surface area contributed by atoms with E-state index in [2.05, 4.69) is 159 Å². The van der Waals surface area contributed by atoms with Gasteiger partial charge in [-0.25, -0.2) is 0 Å². The summed E-state index contributed by atoms with van der Waals surface area (Å²) >= 11 is 0. The maximum atomic E-state index is 4.72. The Bertz CT molecular complexity index is 621.